The zero-order chi connectivity index (χ0) is 14.9. The molecule has 1 aliphatic heterocycles. The Bertz CT molecular complexity index is 385. The Hall–Kier alpha value is -0.240. The molecule has 1 saturated heterocycles. The van der Waals surface area contributed by atoms with Gasteiger partial charge >= 0.3 is 0 Å². The molecule has 2 rings (SSSR count). The van der Waals surface area contributed by atoms with Gasteiger partial charge in [0.15, 0.2) is 5.79 Å². The Kier molecular flexibility index (Phi) is 3.11. The molecule has 1 aliphatic carbocycles. The predicted octanol–water partition coefficient (Wildman–Crippen LogP) is -0.719. The quantitative estimate of drug-likeness (QED) is 0.501. The van der Waals surface area contributed by atoms with Crippen molar-refractivity contribution >= 4 is 0 Å². The van der Waals surface area contributed by atoms with E-state index in [9.17, 15) is 5.11 Å². The molecule has 2 fully saturated rings. The lowest BCUT2D eigenvalue weighted by molar-refractivity contribution is -0.214. The molecular weight excluding hydrogens is 246 g/mol. The number of rotatable bonds is 1. The number of aliphatic hydroxyl groups is 1. The number of hydrogen-bond donors (Lipinski definition) is 4. The summed E-state index contributed by atoms with van der Waals surface area (Å²) in [4.78, 5) is 0. The van der Waals surface area contributed by atoms with Gasteiger partial charge < -0.3 is 31.8 Å². The van der Waals surface area contributed by atoms with Crippen molar-refractivity contribution in [3.05, 3.63) is 0 Å². The Morgan fingerprint density at radius 3 is 2.00 bits per heavy atom. The van der Waals surface area contributed by atoms with Crippen LogP contribution in [0.3, 0.4) is 0 Å². The lowest BCUT2D eigenvalue weighted by atomic mass is 9.71. The maximum atomic E-state index is 11.1. The summed E-state index contributed by atoms with van der Waals surface area (Å²) in [6.45, 7) is 9.30. The van der Waals surface area contributed by atoms with Gasteiger partial charge in [0.25, 0.3) is 0 Å². The minimum absolute atomic E-state index is 0.0461. The van der Waals surface area contributed by atoms with Gasteiger partial charge in [0.05, 0.1) is 18.2 Å². The summed E-state index contributed by atoms with van der Waals surface area (Å²) in [5.41, 5.74) is 15.5. The van der Waals surface area contributed by atoms with E-state index in [-0.39, 0.29) is 12.5 Å². The SMILES string of the molecule is CC(C)[C@]1(N)[C@@H](N)[C@H](N)[C@]2(COC(C)(C)O2)[C@]1(C)O. The van der Waals surface area contributed by atoms with Crippen LogP contribution in [0.25, 0.3) is 0 Å². The highest BCUT2D eigenvalue weighted by Gasteiger charge is 2.75. The normalized spacial score (nSPS) is 53.4. The van der Waals surface area contributed by atoms with Gasteiger partial charge in [-0.25, -0.2) is 0 Å². The Labute approximate surface area is 114 Å². The highest BCUT2D eigenvalue weighted by molar-refractivity contribution is 5.32. The Morgan fingerprint density at radius 2 is 1.68 bits per heavy atom. The van der Waals surface area contributed by atoms with E-state index < -0.39 is 34.6 Å². The summed E-state index contributed by atoms with van der Waals surface area (Å²) in [6, 6.07) is -1.16. The van der Waals surface area contributed by atoms with Crippen molar-refractivity contribution in [1.82, 2.24) is 0 Å². The average Bonchev–Trinajstić information content (AvgIpc) is 2.67. The molecule has 0 unspecified atom stereocenters. The van der Waals surface area contributed by atoms with Gasteiger partial charge in [-0.05, 0) is 26.7 Å². The van der Waals surface area contributed by atoms with Crippen molar-refractivity contribution in [2.24, 2.45) is 23.1 Å². The molecule has 1 saturated carbocycles. The molecule has 0 aromatic carbocycles. The predicted molar refractivity (Wildman–Crippen MR) is 72.2 cm³/mol. The molecule has 0 radical (unpaired) electrons. The molecule has 1 heterocycles. The van der Waals surface area contributed by atoms with E-state index in [1.165, 1.54) is 0 Å². The van der Waals surface area contributed by atoms with Crippen LogP contribution in [0.1, 0.15) is 34.6 Å². The summed E-state index contributed by atoms with van der Waals surface area (Å²) in [5, 5.41) is 11.1. The highest BCUT2D eigenvalue weighted by Crippen LogP contribution is 2.53. The smallest absolute Gasteiger partial charge is 0.163 e. The van der Waals surface area contributed by atoms with Gasteiger partial charge in [-0.3, -0.25) is 0 Å². The first kappa shape index (κ1) is 15.2. The van der Waals surface area contributed by atoms with Gasteiger partial charge in [0, 0.05) is 6.04 Å². The van der Waals surface area contributed by atoms with Crippen molar-refractivity contribution in [1.29, 1.82) is 0 Å². The fraction of sp³-hybridized carbons (Fsp3) is 1.00. The first-order chi connectivity index (χ1) is 8.42. The van der Waals surface area contributed by atoms with E-state index >= 15 is 0 Å². The van der Waals surface area contributed by atoms with Gasteiger partial charge in [-0.2, -0.15) is 0 Å². The van der Waals surface area contributed by atoms with Crippen LogP contribution >= 0.6 is 0 Å². The van der Waals surface area contributed by atoms with E-state index in [2.05, 4.69) is 0 Å². The summed E-state index contributed by atoms with van der Waals surface area (Å²) >= 11 is 0. The molecule has 112 valence electrons. The maximum Gasteiger partial charge on any atom is 0.163 e. The van der Waals surface area contributed by atoms with Crippen LogP contribution < -0.4 is 17.2 Å². The van der Waals surface area contributed by atoms with Gasteiger partial charge in [0.1, 0.15) is 11.2 Å². The fourth-order valence-corrected chi connectivity index (χ4v) is 3.73. The summed E-state index contributed by atoms with van der Waals surface area (Å²) in [7, 11) is 0. The lowest BCUT2D eigenvalue weighted by Crippen LogP contribution is -2.71. The van der Waals surface area contributed by atoms with Crippen LogP contribution in [-0.4, -0.2) is 46.3 Å². The van der Waals surface area contributed by atoms with Crippen LogP contribution in [-0.2, 0) is 9.47 Å². The largest absolute Gasteiger partial charge is 0.385 e. The molecule has 1 spiro atoms. The monoisotopic (exact) mass is 273 g/mol. The third-order valence-electron chi connectivity index (χ3n) is 5.16. The fourth-order valence-electron chi connectivity index (χ4n) is 3.73. The van der Waals surface area contributed by atoms with Crippen LogP contribution in [0.4, 0.5) is 0 Å². The van der Waals surface area contributed by atoms with E-state index in [4.69, 9.17) is 26.7 Å². The zero-order valence-electron chi connectivity index (χ0n) is 12.4. The van der Waals surface area contributed by atoms with Crippen LogP contribution in [0, 0.1) is 5.92 Å². The average molecular weight is 273 g/mol. The Balaban J connectivity index is 2.54. The molecule has 5 atom stereocenters. The molecule has 0 aromatic heterocycles. The molecule has 7 N–H and O–H groups in total. The second-order valence-corrected chi connectivity index (χ2v) is 6.89. The van der Waals surface area contributed by atoms with E-state index in [1.807, 2.05) is 13.8 Å². The molecule has 2 aliphatic rings. The standard InChI is InChI=1S/C13H27N3O3/c1-7(2)13(16)9(15)8(14)12(11(13,5)17)6-18-10(3,4)19-12/h7-9,17H,6,14-16H2,1-5H3/t8-,9-,11-,12+,13-/m0/s1. The molecule has 6 heteroatoms. The molecule has 19 heavy (non-hydrogen) atoms. The summed E-state index contributed by atoms with van der Waals surface area (Å²) in [5.74, 6) is -0.848. The van der Waals surface area contributed by atoms with E-state index in [1.54, 1.807) is 20.8 Å². The Morgan fingerprint density at radius 1 is 1.16 bits per heavy atom. The molecule has 6 nitrogen and oxygen atoms in total. The topological polar surface area (TPSA) is 117 Å². The first-order valence-electron chi connectivity index (χ1n) is 6.79. The minimum atomic E-state index is -1.37. The maximum absolute atomic E-state index is 11.1. The molecule has 0 bridgehead atoms. The number of nitrogens with two attached hydrogens (primary N) is 3. The van der Waals surface area contributed by atoms with Crippen molar-refractivity contribution in [3.63, 3.8) is 0 Å². The van der Waals surface area contributed by atoms with Gasteiger partial charge in [0.2, 0.25) is 0 Å². The molecule has 0 amide bonds. The van der Waals surface area contributed by atoms with E-state index in [0.29, 0.717) is 0 Å². The van der Waals surface area contributed by atoms with Crippen molar-refractivity contribution in [3.8, 4) is 0 Å². The molecular formula is C13H27N3O3. The van der Waals surface area contributed by atoms with Crippen molar-refractivity contribution < 1.29 is 14.6 Å². The van der Waals surface area contributed by atoms with Gasteiger partial charge in [-0.15, -0.1) is 0 Å². The number of ether oxygens (including phenoxy) is 2. The van der Waals surface area contributed by atoms with Gasteiger partial charge in [-0.1, -0.05) is 13.8 Å². The highest BCUT2D eigenvalue weighted by atomic mass is 16.8. The van der Waals surface area contributed by atoms with Crippen molar-refractivity contribution in [2.75, 3.05) is 6.61 Å². The zero-order valence-corrected chi connectivity index (χ0v) is 12.4. The van der Waals surface area contributed by atoms with Crippen LogP contribution in [0.5, 0.6) is 0 Å². The summed E-state index contributed by atoms with van der Waals surface area (Å²) < 4.78 is 11.6. The first-order valence-corrected chi connectivity index (χ1v) is 6.79. The van der Waals surface area contributed by atoms with Crippen LogP contribution in [0.2, 0.25) is 0 Å². The van der Waals surface area contributed by atoms with Crippen LogP contribution in [0.15, 0.2) is 0 Å². The third kappa shape index (κ3) is 1.58. The van der Waals surface area contributed by atoms with E-state index in [0.717, 1.165) is 0 Å². The lowest BCUT2D eigenvalue weighted by Gasteiger charge is -2.47. The third-order valence-corrected chi connectivity index (χ3v) is 5.16. The minimum Gasteiger partial charge on any atom is -0.385 e. The second-order valence-electron chi connectivity index (χ2n) is 6.89. The second kappa shape index (κ2) is 3.90. The number of hydrogen-bond acceptors (Lipinski definition) is 6. The van der Waals surface area contributed by atoms with Crippen molar-refractivity contribution in [2.45, 2.75) is 69.2 Å². The molecule has 0 aromatic rings. The summed E-state index contributed by atoms with van der Waals surface area (Å²) in [6.07, 6.45) is 0.